The van der Waals surface area contributed by atoms with Crippen LogP contribution in [0.15, 0.2) is 47.1 Å². The van der Waals surface area contributed by atoms with Crippen molar-refractivity contribution in [2.75, 3.05) is 24.6 Å². The number of ether oxygens (including phenoxy) is 1. The minimum Gasteiger partial charge on any atom is -0.467 e. The van der Waals surface area contributed by atoms with Crippen molar-refractivity contribution in [1.82, 2.24) is 4.90 Å². The molecule has 0 saturated carbocycles. The van der Waals surface area contributed by atoms with E-state index in [9.17, 15) is 9.59 Å². The number of amides is 2. The molecule has 7 nitrogen and oxygen atoms in total. The second-order valence-corrected chi connectivity index (χ2v) is 6.32. The van der Waals surface area contributed by atoms with Gasteiger partial charge in [0.25, 0.3) is 5.91 Å². The molecule has 3 heterocycles. The summed E-state index contributed by atoms with van der Waals surface area (Å²) in [6.07, 6.45) is 1.49. The highest BCUT2D eigenvalue weighted by molar-refractivity contribution is 6.22. The Hall–Kier alpha value is -2.95. The quantitative estimate of drug-likeness (QED) is 0.785. The zero-order chi connectivity index (χ0) is 18.1. The molecular formula is C19H17N3O4. The zero-order valence-electron chi connectivity index (χ0n) is 14.0. The summed E-state index contributed by atoms with van der Waals surface area (Å²) in [5.74, 6) is 0.251. The Balaban J connectivity index is 1.52. The Labute approximate surface area is 150 Å². The van der Waals surface area contributed by atoms with E-state index in [-0.39, 0.29) is 24.3 Å². The Morgan fingerprint density at radius 1 is 1.15 bits per heavy atom. The summed E-state index contributed by atoms with van der Waals surface area (Å²) in [4.78, 5) is 28.6. The van der Waals surface area contributed by atoms with Gasteiger partial charge in [-0.15, -0.1) is 0 Å². The molecule has 2 aliphatic heterocycles. The van der Waals surface area contributed by atoms with E-state index in [1.54, 1.807) is 36.6 Å². The van der Waals surface area contributed by atoms with E-state index in [0.717, 1.165) is 5.76 Å². The maximum absolute atomic E-state index is 12.9. The number of morpholine rings is 1. The van der Waals surface area contributed by atoms with E-state index >= 15 is 0 Å². The molecule has 0 spiro atoms. The van der Waals surface area contributed by atoms with Crippen LogP contribution in [0.4, 0.5) is 5.69 Å². The summed E-state index contributed by atoms with van der Waals surface area (Å²) in [6, 6.07) is 11.6. The van der Waals surface area contributed by atoms with Crippen LogP contribution in [0, 0.1) is 11.3 Å². The molecule has 2 aliphatic rings. The van der Waals surface area contributed by atoms with Crippen molar-refractivity contribution < 1.29 is 18.7 Å². The van der Waals surface area contributed by atoms with Crippen molar-refractivity contribution in [1.29, 1.82) is 5.26 Å². The highest BCUT2D eigenvalue weighted by Gasteiger charge is 2.44. The van der Waals surface area contributed by atoms with E-state index in [0.29, 0.717) is 30.9 Å². The number of hydrogen-bond donors (Lipinski definition) is 0. The molecule has 2 amide bonds. The van der Waals surface area contributed by atoms with Gasteiger partial charge in [-0.25, -0.2) is 4.90 Å². The minimum atomic E-state index is -0.500. The number of nitriles is 1. The lowest BCUT2D eigenvalue weighted by molar-refractivity contribution is -0.125. The van der Waals surface area contributed by atoms with Crippen molar-refractivity contribution >= 4 is 17.5 Å². The number of benzene rings is 1. The molecular weight excluding hydrogens is 334 g/mol. The topological polar surface area (TPSA) is 86.8 Å². The molecule has 1 aromatic heterocycles. The fourth-order valence-electron chi connectivity index (χ4n) is 3.46. The number of nitrogens with zero attached hydrogens (tertiary/aromatic N) is 3. The summed E-state index contributed by atoms with van der Waals surface area (Å²) in [6.45, 7) is 1.56. The first-order valence-electron chi connectivity index (χ1n) is 8.43. The van der Waals surface area contributed by atoms with E-state index in [1.165, 1.54) is 4.90 Å². The van der Waals surface area contributed by atoms with Gasteiger partial charge in [-0.3, -0.25) is 14.5 Å². The number of imide groups is 1. The monoisotopic (exact) mass is 351 g/mol. The van der Waals surface area contributed by atoms with Gasteiger partial charge >= 0.3 is 0 Å². The normalized spacial score (nSPS) is 24.0. The van der Waals surface area contributed by atoms with Crippen molar-refractivity contribution in [3.63, 3.8) is 0 Å². The van der Waals surface area contributed by atoms with E-state index in [2.05, 4.69) is 0 Å². The average Bonchev–Trinajstić information content (AvgIpc) is 3.30. The molecule has 0 aliphatic carbocycles. The summed E-state index contributed by atoms with van der Waals surface area (Å²) < 4.78 is 11.1. The van der Waals surface area contributed by atoms with Gasteiger partial charge < -0.3 is 9.15 Å². The third kappa shape index (κ3) is 2.90. The molecule has 0 radical (unpaired) electrons. The van der Waals surface area contributed by atoms with Gasteiger partial charge in [0.1, 0.15) is 11.9 Å². The van der Waals surface area contributed by atoms with E-state index in [4.69, 9.17) is 14.4 Å². The van der Waals surface area contributed by atoms with Crippen LogP contribution >= 0.6 is 0 Å². The number of carbonyl (C=O) groups excluding carboxylic acids is 2. The zero-order valence-corrected chi connectivity index (χ0v) is 14.0. The first-order chi connectivity index (χ1) is 12.7. The maximum atomic E-state index is 12.9. The molecule has 26 heavy (non-hydrogen) atoms. The molecule has 2 saturated heterocycles. The second kappa shape index (κ2) is 6.75. The number of rotatable bonds is 3. The highest BCUT2D eigenvalue weighted by Crippen LogP contribution is 2.30. The minimum absolute atomic E-state index is 0.143. The molecule has 7 heteroatoms. The summed E-state index contributed by atoms with van der Waals surface area (Å²) in [7, 11) is 0. The lowest BCUT2D eigenvalue weighted by atomic mass is 10.1. The Morgan fingerprint density at radius 2 is 1.96 bits per heavy atom. The molecule has 4 rings (SSSR count). The molecule has 132 valence electrons. The van der Waals surface area contributed by atoms with E-state index in [1.807, 2.05) is 17.0 Å². The van der Waals surface area contributed by atoms with Crippen LogP contribution in [0.3, 0.4) is 0 Å². The third-order valence-electron chi connectivity index (χ3n) is 4.78. The van der Waals surface area contributed by atoms with Crippen LogP contribution in [0.2, 0.25) is 0 Å². The Kier molecular flexibility index (Phi) is 4.29. The summed E-state index contributed by atoms with van der Waals surface area (Å²) in [5, 5.41) is 8.89. The molecule has 0 N–H and O–H groups in total. The molecule has 2 unspecified atom stereocenters. The molecule has 2 atom stereocenters. The van der Waals surface area contributed by atoms with Crippen LogP contribution in [-0.4, -0.2) is 42.5 Å². The molecule has 1 aromatic carbocycles. The number of carbonyl (C=O) groups is 2. The fourth-order valence-corrected chi connectivity index (χ4v) is 3.46. The van der Waals surface area contributed by atoms with Crippen LogP contribution in [0.5, 0.6) is 0 Å². The summed E-state index contributed by atoms with van der Waals surface area (Å²) in [5.41, 5.74) is 0.983. The highest BCUT2D eigenvalue weighted by atomic mass is 16.5. The smallest absolute Gasteiger partial charge is 0.251 e. The Bertz CT molecular complexity index is 854. The lowest BCUT2D eigenvalue weighted by Crippen LogP contribution is -2.48. The van der Waals surface area contributed by atoms with Crippen LogP contribution in [0.1, 0.15) is 23.8 Å². The Morgan fingerprint density at radius 3 is 2.65 bits per heavy atom. The van der Waals surface area contributed by atoms with Gasteiger partial charge in [-0.05, 0) is 36.4 Å². The standard InChI is InChI=1S/C19H17N3O4/c20-11-13-3-5-14(6-4-13)22-18(23)10-15(19(22)24)21-7-9-26-17(12-21)16-2-1-8-25-16/h1-6,8,15,17H,7,9-10,12H2. The number of furan rings is 1. The van der Waals surface area contributed by atoms with Gasteiger partial charge in [0.05, 0.1) is 42.7 Å². The van der Waals surface area contributed by atoms with Gasteiger partial charge in [0.15, 0.2) is 0 Å². The summed E-state index contributed by atoms with van der Waals surface area (Å²) >= 11 is 0. The predicted octanol–water partition coefficient (Wildman–Crippen LogP) is 1.86. The van der Waals surface area contributed by atoms with Crippen LogP contribution < -0.4 is 4.90 Å². The van der Waals surface area contributed by atoms with E-state index < -0.39 is 6.04 Å². The van der Waals surface area contributed by atoms with Crippen molar-refractivity contribution in [3.8, 4) is 6.07 Å². The van der Waals surface area contributed by atoms with Gasteiger partial charge in [-0.2, -0.15) is 5.26 Å². The molecule has 0 bridgehead atoms. The molecule has 2 fully saturated rings. The number of anilines is 1. The van der Waals surface area contributed by atoms with Gasteiger partial charge in [-0.1, -0.05) is 0 Å². The third-order valence-corrected chi connectivity index (χ3v) is 4.78. The van der Waals surface area contributed by atoms with Gasteiger partial charge in [0.2, 0.25) is 5.91 Å². The van der Waals surface area contributed by atoms with Gasteiger partial charge in [0, 0.05) is 13.1 Å². The maximum Gasteiger partial charge on any atom is 0.251 e. The van der Waals surface area contributed by atoms with Crippen LogP contribution in [0.25, 0.3) is 0 Å². The van der Waals surface area contributed by atoms with Crippen molar-refractivity contribution in [2.45, 2.75) is 18.6 Å². The molecule has 2 aromatic rings. The second-order valence-electron chi connectivity index (χ2n) is 6.32. The number of hydrogen-bond acceptors (Lipinski definition) is 6. The fraction of sp³-hybridized carbons (Fsp3) is 0.316. The van der Waals surface area contributed by atoms with Crippen molar-refractivity contribution in [3.05, 3.63) is 54.0 Å². The average molecular weight is 351 g/mol. The SMILES string of the molecule is N#Cc1ccc(N2C(=O)CC(N3CCOC(c4ccco4)C3)C2=O)cc1. The first-order valence-corrected chi connectivity index (χ1v) is 8.43. The lowest BCUT2D eigenvalue weighted by Gasteiger charge is -2.34. The van der Waals surface area contributed by atoms with Crippen molar-refractivity contribution in [2.24, 2.45) is 0 Å². The first kappa shape index (κ1) is 16.5. The largest absolute Gasteiger partial charge is 0.467 e. The van der Waals surface area contributed by atoms with Crippen LogP contribution in [-0.2, 0) is 14.3 Å². The predicted molar refractivity (Wildman–Crippen MR) is 91.0 cm³/mol.